The molecular formula is C23H39IN6O2. The molecule has 1 aromatic rings. The molecule has 180 valence electrons. The molecule has 0 radical (unpaired) electrons. The van der Waals surface area contributed by atoms with E-state index < -0.39 is 0 Å². The second kappa shape index (κ2) is 15.7. The highest BCUT2D eigenvalue weighted by Crippen LogP contribution is 2.12. The Labute approximate surface area is 209 Å². The summed E-state index contributed by atoms with van der Waals surface area (Å²) >= 11 is 0. The Balaban J connectivity index is 0.00000512. The fourth-order valence-electron chi connectivity index (χ4n) is 3.39. The van der Waals surface area contributed by atoms with Gasteiger partial charge in [-0.3, -0.25) is 4.79 Å². The Kier molecular flexibility index (Phi) is 13.7. The van der Waals surface area contributed by atoms with E-state index >= 15 is 0 Å². The van der Waals surface area contributed by atoms with Crippen LogP contribution in [0.15, 0.2) is 29.3 Å². The van der Waals surface area contributed by atoms with Gasteiger partial charge in [0.1, 0.15) is 0 Å². The number of hydrogen-bond donors (Lipinski definition) is 4. The number of urea groups is 1. The summed E-state index contributed by atoms with van der Waals surface area (Å²) in [5.74, 6) is 1.06. The Morgan fingerprint density at radius 3 is 2.56 bits per heavy atom. The molecule has 3 amide bonds. The lowest BCUT2D eigenvalue weighted by Gasteiger charge is -2.20. The van der Waals surface area contributed by atoms with Gasteiger partial charge in [-0.2, -0.15) is 0 Å². The van der Waals surface area contributed by atoms with Gasteiger partial charge in [-0.05, 0) is 57.7 Å². The van der Waals surface area contributed by atoms with E-state index in [1.807, 2.05) is 49.9 Å². The molecule has 0 spiro atoms. The summed E-state index contributed by atoms with van der Waals surface area (Å²) in [6, 6.07) is 7.57. The van der Waals surface area contributed by atoms with E-state index in [0.717, 1.165) is 69.1 Å². The van der Waals surface area contributed by atoms with Gasteiger partial charge in [0.2, 0.25) is 5.91 Å². The molecule has 4 N–H and O–H groups in total. The number of hydrogen-bond acceptors (Lipinski definition) is 3. The van der Waals surface area contributed by atoms with E-state index in [1.54, 1.807) is 0 Å². The minimum atomic E-state index is -0.207. The molecule has 1 aliphatic heterocycles. The van der Waals surface area contributed by atoms with Crippen molar-refractivity contribution in [1.29, 1.82) is 0 Å². The first-order valence-corrected chi connectivity index (χ1v) is 11.4. The minimum Gasteiger partial charge on any atom is -0.357 e. The fourth-order valence-corrected chi connectivity index (χ4v) is 3.39. The van der Waals surface area contributed by atoms with Crippen LogP contribution in [0.4, 0.5) is 10.5 Å². The summed E-state index contributed by atoms with van der Waals surface area (Å²) < 4.78 is 0. The van der Waals surface area contributed by atoms with Crippen molar-refractivity contribution in [2.45, 2.75) is 65.5 Å². The predicted octanol–water partition coefficient (Wildman–Crippen LogP) is 3.68. The van der Waals surface area contributed by atoms with E-state index in [-0.39, 0.29) is 42.0 Å². The molecule has 0 saturated carbocycles. The summed E-state index contributed by atoms with van der Waals surface area (Å²) in [7, 11) is 0. The molecule has 0 unspecified atom stereocenters. The summed E-state index contributed by atoms with van der Waals surface area (Å²) in [6.45, 7) is 9.65. The molecule has 1 aromatic carbocycles. The molecule has 1 saturated heterocycles. The highest BCUT2D eigenvalue weighted by molar-refractivity contribution is 14.0. The molecule has 2 rings (SSSR count). The van der Waals surface area contributed by atoms with Crippen LogP contribution in [0.2, 0.25) is 0 Å². The van der Waals surface area contributed by atoms with E-state index in [9.17, 15) is 9.59 Å². The molecule has 0 aliphatic carbocycles. The van der Waals surface area contributed by atoms with Crippen LogP contribution >= 0.6 is 24.0 Å². The number of carbonyl (C=O) groups excluding carboxylic acids is 2. The zero-order valence-corrected chi connectivity index (χ0v) is 21.9. The predicted molar refractivity (Wildman–Crippen MR) is 142 cm³/mol. The van der Waals surface area contributed by atoms with E-state index in [4.69, 9.17) is 0 Å². The third kappa shape index (κ3) is 11.0. The number of aliphatic imine (C=N–C) groups is 1. The standard InChI is InChI=1S/C23H38N6O2.HI/c1-4-24-22(25-14-8-16-29-15-7-5-6-9-21(29)30)26-17-19-10-12-20(13-11-19)28-23(31)27-18(2)3;/h10-13,18H,4-9,14-17H2,1-3H3,(H2,24,25,26)(H2,27,28,31);1H. The third-order valence-electron chi connectivity index (χ3n) is 4.96. The maximum absolute atomic E-state index is 12.1. The Hall–Kier alpha value is -2.04. The van der Waals surface area contributed by atoms with Gasteiger partial charge < -0.3 is 26.2 Å². The maximum Gasteiger partial charge on any atom is 0.319 e. The number of carbonyl (C=O) groups is 2. The number of nitrogens with one attached hydrogen (secondary N) is 4. The van der Waals surface area contributed by atoms with Crippen LogP contribution < -0.4 is 21.3 Å². The maximum atomic E-state index is 12.1. The minimum absolute atomic E-state index is 0. The number of likely N-dealkylation sites (tertiary alicyclic amines) is 1. The average molecular weight is 559 g/mol. The van der Waals surface area contributed by atoms with Crippen molar-refractivity contribution in [3.8, 4) is 0 Å². The van der Waals surface area contributed by atoms with Gasteiger partial charge in [-0.25, -0.2) is 9.79 Å². The molecule has 1 fully saturated rings. The Morgan fingerprint density at radius 1 is 1.12 bits per heavy atom. The van der Waals surface area contributed by atoms with Crippen LogP contribution in [-0.2, 0) is 11.3 Å². The molecule has 0 atom stereocenters. The van der Waals surface area contributed by atoms with Crippen LogP contribution in [0.3, 0.4) is 0 Å². The lowest BCUT2D eigenvalue weighted by molar-refractivity contribution is -0.130. The van der Waals surface area contributed by atoms with Crippen molar-refractivity contribution < 1.29 is 9.59 Å². The number of rotatable bonds is 9. The monoisotopic (exact) mass is 558 g/mol. The highest BCUT2D eigenvalue weighted by atomic mass is 127. The first-order valence-electron chi connectivity index (χ1n) is 11.4. The van der Waals surface area contributed by atoms with Gasteiger partial charge >= 0.3 is 6.03 Å². The zero-order chi connectivity index (χ0) is 22.5. The van der Waals surface area contributed by atoms with Gasteiger partial charge in [0, 0.05) is 44.3 Å². The van der Waals surface area contributed by atoms with Crippen molar-refractivity contribution >= 4 is 47.6 Å². The molecule has 8 nitrogen and oxygen atoms in total. The number of guanidine groups is 1. The Bertz CT molecular complexity index is 724. The van der Waals surface area contributed by atoms with Gasteiger partial charge in [-0.1, -0.05) is 18.6 Å². The van der Waals surface area contributed by atoms with Crippen molar-refractivity contribution in [2.75, 3.05) is 31.5 Å². The van der Waals surface area contributed by atoms with Crippen molar-refractivity contribution in [2.24, 2.45) is 4.99 Å². The summed E-state index contributed by atoms with van der Waals surface area (Å²) in [6.07, 6.45) is 4.87. The topological polar surface area (TPSA) is 97.9 Å². The van der Waals surface area contributed by atoms with Crippen LogP contribution in [0.25, 0.3) is 0 Å². The van der Waals surface area contributed by atoms with Gasteiger partial charge in [-0.15, -0.1) is 24.0 Å². The summed E-state index contributed by atoms with van der Waals surface area (Å²) in [5, 5.41) is 12.2. The lowest BCUT2D eigenvalue weighted by atomic mass is 10.2. The van der Waals surface area contributed by atoms with E-state index in [2.05, 4.69) is 26.3 Å². The second-order valence-corrected chi connectivity index (χ2v) is 8.12. The highest BCUT2D eigenvalue weighted by Gasteiger charge is 2.15. The summed E-state index contributed by atoms with van der Waals surface area (Å²) in [5.41, 5.74) is 1.81. The van der Waals surface area contributed by atoms with Crippen molar-refractivity contribution in [3.05, 3.63) is 29.8 Å². The molecule has 9 heteroatoms. The van der Waals surface area contributed by atoms with Crippen molar-refractivity contribution in [1.82, 2.24) is 20.9 Å². The van der Waals surface area contributed by atoms with Crippen LogP contribution in [0.1, 0.15) is 58.4 Å². The number of amides is 3. The largest absolute Gasteiger partial charge is 0.357 e. The fraction of sp³-hybridized carbons (Fsp3) is 0.609. The molecule has 32 heavy (non-hydrogen) atoms. The van der Waals surface area contributed by atoms with Crippen molar-refractivity contribution in [3.63, 3.8) is 0 Å². The SMILES string of the molecule is CCNC(=NCc1ccc(NC(=O)NC(C)C)cc1)NCCCN1CCCCCC1=O.I. The molecule has 1 heterocycles. The number of nitrogens with zero attached hydrogens (tertiary/aromatic N) is 2. The number of benzene rings is 1. The quantitative estimate of drug-likeness (QED) is 0.161. The lowest BCUT2D eigenvalue weighted by Crippen LogP contribution is -2.39. The third-order valence-corrected chi connectivity index (χ3v) is 4.96. The normalized spacial score (nSPS) is 14.4. The van der Waals surface area contributed by atoms with Gasteiger partial charge in [0.05, 0.1) is 6.54 Å². The van der Waals surface area contributed by atoms with E-state index in [0.29, 0.717) is 13.0 Å². The smallest absolute Gasteiger partial charge is 0.319 e. The molecule has 1 aliphatic rings. The summed E-state index contributed by atoms with van der Waals surface area (Å²) in [4.78, 5) is 30.5. The number of anilines is 1. The first kappa shape index (κ1) is 28.0. The van der Waals surface area contributed by atoms with Gasteiger partial charge in [0.25, 0.3) is 0 Å². The zero-order valence-electron chi connectivity index (χ0n) is 19.6. The van der Waals surface area contributed by atoms with Gasteiger partial charge in [0.15, 0.2) is 5.96 Å². The van der Waals surface area contributed by atoms with E-state index in [1.165, 1.54) is 0 Å². The molecule has 0 aromatic heterocycles. The van der Waals surface area contributed by atoms with Crippen LogP contribution in [-0.4, -0.2) is 55.0 Å². The average Bonchev–Trinajstić information content (AvgIpc) is 2.93. The second-order valence-electron chi connectivity index (χ2n) is 8.12. The van der Waals surface area contributed by atoms with Crippen LogP contribution in [0, 0.1) is 0 Å². The number of halogens is 1. The van der Waals surface area contributed by atoms with Crippen LogP contribution in [0.5, 0.6) is 0 Å². The Morgan fingerprint density at radius 2 is 1.88 bits per heavy atom. The molecular weight excluding hydrogens is 519 g/mol. The molecule has 0 bridgehead atoms. The first-order chi connectivity index (χ1) is 15.0.